The Morgan fingerprint density at radius 1 is 1.23 bits per heavy atom. The second kappa shape index (κ2) is 8.67. The van der Waals surface area contributed by atoms with Crippen molar-refractivity contribution in [1.29, 1.82) is 0 Å². The predicted molar refractivity (Wildman–Crippen MR) is 104 cm³/mol. The Kier molecular flexibility index (Phi) is 6.07. The van der Waals surface area contributed by atoms with Gasteiger partial charge in [0.2, 0.25) is 5.91 Å². The van der Waals surface area contributed by atoms with Crippen LogP contribution in [-0.2, 0) is 11.2 Å². The van der Waals surface area contributed by atoms with Crippen molar-refractivity contribution >= 4 is 27.5 Å². The number of halogens is 1. The molecule has 3 rings (SSSR count). The van der Waals surface area contributed by atoms with Gasteiger partial charge in [-0.2, -0.15) is 0 Å². The molecule has 0 atom stereocenters. The first-order chi connectivity index (χ1) is 12.6. The molecule has 0 saturated heterocycles. The Morgan fingerprint density at radius 3 is 2.77 bits per heavy atom. The molecule has 5 nitrogen and oxygen atoms in total. The molecule has 0 bridgehead atoms. The predicted octanol–water partition coefficient (Wildman–Crippen LogP) is 5.07. The molecule has 1 N–H and O–H groups in total. The van der Waals surface area contributed by atoms with Gasteiger partial charge < -0.3 is 14.5 Å². The number of amides is 1. The SMILES string of the molecule is CCOc1ccc(-c2cnc(CCC(=O)Nc3cccc(Br)c3)o2)cc1. The lowest BCUT2D eigenvalue weighted by atomic mass is 10.2. The average Bonchev–Trinajstić information content (AvgIpc) is 3.10. The van der Waals surface area contributed by atoms with Crippen molar-refractivity contribution in [3.05, 3.63) is 65.1 Å². The van der Waals surface area contributed by atoms with Crippen LogP contribution in [0.1, 0.15) is 19.2 Å². The Balaban J connectivity index is 1.55. The molecule has 0 aliphatic rings. The number of aryl methyl sites for hydroxylation is 1. The van der Waals surface area contributed by atoms with Gasteiger partial charge in [-0.05, 0) is 49.4 Å². The van der Waals surface area contributed by atoms with Crippen molar-refractivity contribution in [2.75, 3.05) is 11.9 Å². The third-order valence-electron chi connectivity index (χ3n) is 3.68. The zero-order valence-corrected chi connectivity index (χ0v) is 16.0. The summed E-state index contributed by atoms with van der Waals surface area (Å²) in [6.45, 7) is 2.58. The maximum Gasteiger partial charge on any atom is 0.224 e. The molecule has 0 unspecified atom stereocenters. The molecule has 0 radical (unpaired) electrons. The van der Waals surface area contributed by atoms with Crippen molar-refractivity contribution in [2.24, 2.45) is 0 Å². The highest BCUT2D eigenvalue weighted by molar-refractivity contribution is 9.10. The van der Waals surface area contributed by atoms with Crippen LogP contribution in [0, 0.1) is 0 Å². The van der Waals surface area contributed by atoms with Crippen LogP contribution in [0.25, 0.3) is 11.3 Å². The number of carbonyl (C=O) groups is 1. The molecule has 1 amide bonds. The van der Waals surface area contributed by atoms with E-state index >= 15 is 0 Å². The van der Waals surface area contributed by atoms with Gasteiger partial charge in [0, 0.05) is 28.6 Å². The minimum atomic E-state index is -0.0797. The van der Waals surface area contributed by atoms with E-state index in [2.05, 4.69) is 26.2 Å². The fraction of sp³-hybridized carbons (Fsp3) is 0.200. The van der Waals surface area contributed by atoms with Crippen LogP contribution in [0.5, 0.6) is 5.75 Å². The summed E-state index contributed by atoms with van der Waals surface area (Å²) < 4.78 is 12.1. The number of hydrogen-bond donors (Lipinski definition) is 1. The monoisotopic (exact) mass is 414 g/mol. The van der Waals surface area contributed by atoms with E-state index in [1.807, 2.05) is 55.5 Å². The number of carbonyl (C=O) groups excluding carboxylic acids is 1. The number of oxazole rings is 1. The molecule has 0 saturated carbocycles. The number of nitrogens with one attached hydrogen (secondary N) is 1. The maximum atomic E-state index is 12.1. The summed E-state index contributed by atoms with van der Waals surface area (Å²) in [6.07, 6.45) is 2.42. The summed E-state index contributed by atoms with van der Waals surface area (Å²) >= 11 is 3.38. The van der Waals surface area contributed by atoms with Crippen LogP contribution in [0.15, 0.2) is 63.6 Å². The van der Waals surface area contributed by atoms with E-state index in [0.717, 1.165) is 21.5 Å². The molecule has 1 heterocycles. The molecular formula is C20H19BrN2O3. The fourth-order valence-electron chi connectivity index (χ4n) is 2.45. The second-order valence-electron chi connectivity index (χ2n) is 5.63. The normalized spacial score (nSPS) is 10.5. The highest BCUT2D eigenvalue weighted by atomic mass is 79.9. The van der Waals surface area contributed by atoms with Crippen LogP contribution in [-0.4, -0.2) is 17.5 Å². The van der Waals surface area contributed by atoms with Crippen LogP contribution >= 0.6 is 15.9 Å². The van der Waals surface area contributed by atoms with Crippen molar-refractivity contribution < 1.29 is 13.9 Å². The zero-order valence-electron chi connectivity index (χ0n) is 14.4. The van der Waals surface area contributed by atoms with Gasteiger partial charge in [-0.25, -0.2) is 4.98 Å². The molecular weight excluding hydrogens is 396 g/mol. The lowest BCUT2D eigenvalue weighted by Crippen LogP contribution is -2.12. The molecule has 1 aromatic heterocycles. The van der Waals surface area contributed by atoms with Gasteiger partial charge >= 0.3 is 0 Å². The molecule has 0 fully saturated rings. The molecule has 6 heteroatoms. The van der Waals surface area contributed by atoms with E-state index in [1.54, 1.807) is 6.20 Å². The Morgan fingerprint density at radius 2 is 2.04 bits per heavy atom. The summed E-state index contributed by atoms with van der Waals surface area (Å²) in [6, 6.07) is 15.1. The quantitative estimate of drug-likeness (QED) is 0.585. The van der Waals surface area contributed by atoms with Crippen LogP contribution in [0.2, 0.25) is 0 Å². The fourth-order valence-corrected chi connectivity index (χ4v) is 2.85. The van der Waals surface area contributed by atoms with Gasteiger partial charge in [0.15, 0.2) is 11.7 Å². The lowest BCUT2D eigenvalue weighted by Gasteiger charge is -2.04. The van der Waals surface area contributed by atoms with Gasteiger partial charge in [0.1, 0.15) is 5.75 Å². The molecule has 26 heavy (non-hydrogen) atoms. The number of rotatable bonds is 7. The third kappa shape index (κ3) is 4.95. The van der Waals surface area contributed by atoms with Crippen LogP contribution < -0.4 is 10.1 Å². The van der Waals surface area contributed by atoms with E-state index in [9.17, 15) is 4.79 Å². The van der Waals surface area contributed by atoms with E-state index in [0.29, 0.717) is 31.1 Å². The first-order valence-corrected chi connectivity index (χ1v) is 9.16. The first kappa shape index (κ1) is 18.2. The van der Waals surface area contributed by atoms with E-state index in [4.69, 9.17) is 9.15 Å². The molecule has 134 valence electrons. The number of benzene rings is 2. The van der Waals surface area contributed by atoms with Gasteiger partial charge in [-0.15, -0.1) is 0 Å². The number of aromatic nitrogens is 1. The minimum Gasteiger partial charge on any atom is -0.494 e. The van der Waals surface area contributed by atoms with E-state index < -0.39 is 0 Å². The average molecular weight is 415 g/mol. The summed E-state index contributed by atoms with van der Waals surface area (Å²) in [7, 11) is 0. The van der Waals surface area contributed by atoms with Gasteiger partial charge in [-0.1, -0.05) is 22.0 Å². The van der Waals surface area contributed by atoms with E-state index in [1.165, 1.54) is 0 Å². The van der Waals surface area contributed by atoms with E-state index in [-0.39, 0.29) is 5.91 Å². The van der Waals surface area contributed by atoms with Gasteiger partial charge in [-0.3, -0.25) is 4.79 Å². The topological polar surface area (TPSA) is 64.4 Å². The lowest BCUT2D eigenvalue weighted by molar-refractivity contribution is -0.116. The van der Waals surface area contributed by atoms with Crippen molar-refractivity contribution in [3.63, 3.8) is 0 Å². The summed E-state index contributed by atoms with van der Waals surface area (Å²) in [5.41, 5.74) is 1.68. The molecule has 0 aliphatic heterocycles. The van der Waals surface area contributed by atoms with Crippen molar-refractivity contribution in [2.45, 2.75) is 19.8 Å². The minimum absolute atomic E-state index is 0.0797. The molecule has 2 aromatic carbocycles. The number of anilines is 1. The Bertz CT molecular complexity index is 875. The third-order valence-corrected chi connectivity index (χ3v) is 4.17. The largest absolute Gasteiger partial charge is 0.494 e. The highest BCUT2D eigenvalue weighted by Crippen LogP contribution is 2.24. The summed E-state index contributed by atoms with van der Waals surface area (Å²) in [4.78, 5) is 16.3. The van der Waals surface area contributed by atoms with Crippen molar-refractivity contribution in [1.82, 2.24) is 4.98 Å². The number of ether oxygens (including phenoxy) is 1. The summed E-state index contributed by atoms with van der Waals surface area (Å²) in [5, 5.41) is 2.86. The maximum absolute atomic E-state index is 12.1. The van der Waals surface area contributed by atoms with Gasteiger partial charge in [0.05, 0.1) is 12.8 Å². The molecule has 0 spiro atoms. The van der Waals surface area contributed by atoms with Gasteiger partial charge in [0.25, 0.3) is 0 Å². The second-order valence-corrected chi connectivity index (χ2v) is 6.55. The Labute approximate surface area is 160 Å². The smallest absolute Gasteiger partial charge is 0.224 e. The molecule has 3 aromatic rings. The van der Waals surface area contributed by atoms with Crippen molar-refractivity contribution in [3.8, 4) is 17.1 Å². The number of nitrogens with zero attached hydrogens (tertiary/aromatic N) is 1. The number of hydrogen-bond acceptors (Lipinski definition) is 4. The zero-order chi connectivity index (χ0) is 18.4. The Hall–Kier alpha value is -2.60. The van der Waals surface area contributed by atoms with Crippen LogP contribution in [0.3, 0.4) is 0 Å². The molecule has 0 aliphatic carbocycles. The first-order valence-electron chi connectivity index (χ1n) is 8.37. The standard InChI is InChI=1S/C20H19BrN2O3/c1-2-25-17-8-6-14(7-9-17)18-13-22-20(26-18)11-10-19(24)23-16-5-3-4-15(21)12-16/h3-9,12-13H,2,10-11H2,1H3,(H,23,24). The summed E-state index contributed by atoms with van der Waals surface area (Å²) in [5.74, 6) is 1.96. The van der Waals surface area contributed by atoms with Crippen LogP contribution in [0.4, 0.5) is 5.69 Å². The highest BCUT2D eigenvalue weighted by Gasteiger charge is 2.10.